The highest BCUT2D eigenvalue weighted by atomic mass is 19.1. The number of halogens is 1. The number of carbonyl (C=O) groups excluding carboxylic acids is 1. The number of hydrogen-bond acceptors (Lipinski definition) is 2. The van der Waals surface area contributed by atoms with Crippen LogP contribution in [0.5, 0.6) is 0 Å². The maximum Gasteiger partial charge on any atom is 0.146 e. The second-order valence-electron chi connectivity index (χ2n) is 3.05. The van der Waals surface area contributed by atoms with Crippen molar-refractivity contribution in [3.63, 3.8) is 0 Å². The van der Waals surface area contributed by atoms with Gasteiger partial charge in [-0.3, -0.25) is 4.79 Å². The number of carbonyl (C=O) groups is 1. The molecule has 16 heavy (non-hydrogen) atoms. The average Bonchev–Trinajstić information content (AvgIpc) is 2.20. The highest BCUT2D eigenvalue weighted by Crippen LogP contribution is 2.05. The fourth-order valence-electron chi connectivity index (χ4n) is 1.06. The highest BCUT2D eigenvalue weighted by molar-refractivity contribution is 5.81. The van der Waals surface area contributed by atoms with Crippen LogP contribution in [0.3, 0.4) is 0 Å². The van der Waals surface area contributed by atoms with Crippen LogP contribution in [0.25, 0.3) is 0 Å². The molecule has 1 unspecified atom stereocenters. The van der Waals surface area contributed by atoms with Crippen LogP contribution in [-0.4, -0.2) is 11.8 Å². The highest BCUT2D eigenvalue weighted by Gasteiger charge is 2.08. The van der Waals surface area contributed by atoms with Gasteiger partial charge in [-0.2, -0.15) is 0 Å². The monoisotopic (exact) mass is 227 g/mol. The Kier molecular flexibility index (Phi) is 9.71. The number of hydrogen-bond donors (Lipinski definition) is 1. The first-order valence-electron chi connectivity index (χ1n) is 5.10. The minimum absolute atomic E-state index is 0. The molecule has 0 bridgehead atoms. The molecule has 0 heterocycles. The molecule has 92 valence electrons. The maximum absolute atomic E-state index is 12.7. The van der Waals surface area contributed by atoms with Crippen LogP contribution in [0.2, 0.25) is 0 Å². The van der Waals surface area contributed by atoms with Gasteiger partial charge in [-0.1, -0.05) is 33.4 Å². The number of rotatable bonds is 3. The van der Waals surface area contributed by atoms with E-state index < -0.39 is 6.04 Å². The first kappa shape index (κ1) is 17.2. The van der Waals surface area contributed by atoms with Gasteiger partial charge in [0, 0.05) is 0 Å². The minimum Gasteiger partial charge on any atom is -0.321 e. The Hall–Kier alpha value is -1.22. The molecule has 1 rings (SSSR count). The van der Waals surface area contributed by atoms with E-state index in [-0.39, 0.29) is 19.0 Å². The predicted octanol–water partition coefficient (Wildman–Crippen LogP) is 2.95. The second-order valence-corrected chi connectivity index (χ2v) is 3.05. The topological polar surface area (TPSA) is 43.1 Å². The third kappa shape index (κ3) is 6.30. The van der Waals surface area contributed by atoms with E-state index in [0.717, 1.165) is 5.56 Å². The molecule has 0 aliphatic heterocycles. The third-order valence-electron chi connectivity index (χ3n) is 1.87. The molecule has 1 atom stereocenters. The second kappa shape index (κ2) is 9.04. The number of Topliss-reactive ketones (excluding diaryl/α,β-unsaturated/α-hetero) is 1. The van der Waals surface area contributed by atoms with Gasteiger partial charge < -0.3 is 5.73 Å². The lowest BCUT2D eigenvalue weighted by atomic mass is 10.0. The number of nitrogens with two attached hydrogens (primary N) is 1. The molecule has 0 saturated carbocycles. The van der Waals surface area contributed by atoms with Crippen LogP contribution in [0.4, 0.5) is 4.39 Å². The van der Waals surface area contributed by atoms with Gasteiger partial charge in [0.15, 0.2) is 0 Å². The molecule has 3 heteroatoms. The molecule has 0 aliphatic carbocycles. The molecular weight excluding hydrogens is 205 g/mol. The van der Waals surface area contributed by atoms with Crippen molar-refractivity contribution in [2.75, 3.05) is 0 Å². The fourth-order valence-corrected chi connectivity index (χ4v) is 1.06. The smallest absolute Gasteiger partial charge is 0.146 e. The van der Waals surface area contributed by atoms with Crippen molar-refractivity contribution in [1.82, 2.24) is 0 Å². The Morgan fingerprint density at radius 1 is 1.44 bits per heavy atom. The minimum atomic E-state index is -0.526. The van der Waals surface area contributed by atoms with Crippen molar-refractivity contribution in [3.05, 3.63) is 35.6 Å². The molecule has 1 aromatic rings. The molecule has 0 saturated heterocycles. The van der Waals surface area contributed by atoms with E-state index >= 15 is 0 Å². The molecule has 0 fully saturated rings. The quantitative estimate of drug-likeness (QED) is 0.862. The zero-order chi connectivity index (χ0) is 11.8. The third-order valence-corrected chi connectivity index (χ3v) is 1.87. The summed E-state index contributed by atoms with van der Waals surface area (Å²) in [5.74, 6) is -0.377. The summed E-state index contributed by atoms with van der Waals surface area (Å²) in [5.41, 5.74) is 6.28. The van der Waals surface area contributed by atoms with Crippen LogP contribution >= 0.6 is 0 Å². The van der Waals surface area contributed by atoms with E-state index in [4.69, 9.17) is 5.73 Å². The van der Waals surface area contributed by atoms with Gasteiger partial charge in [-0.15, -0.1) is 0 Å². The molecular formula is C13H22FNO. The van der Waals surface area contributed by atoms with Crippen LogP contribution in [0.1, 0.15) is 33.8 Å². The summed E-state index contributed by atoms with van der Waals surface area (Å²) in [5, 5.41) is 0. The van der Waals surface area contributed by atoms with Crippen molar-refractivity contribution < 1.29 is 9.18 Å². The molecule has 2 nitrogen and oxygen atoms in total. The lowest BCUT2D eigenvalue weighted by molar-refractivity contribution is -0.118. The van der Waals surface area contributed by atoms with Crippen molar-refractivity contribution in [3.8, 4) is 0 Å². The standard InChI is InChI=1S/C10H12FNO.C2H6.CH4/c1-7(13)10(12)6-8-3-2-4-9(11)5-8;1-2;/h2-5,10H,6,12H2,1H3;1-2H3;1H4. The van der Waals surface area contributed by atoms with Crippen LogP contribution in [0.15, 0.2) is 24.3 Å². The predicted molar refractivity (Wildman–Crippen MR) is 66.8 cm³/mol. The van der Waals surface area contributed by atoms with Gasteiger partial charge in [-0.25, -0.2) is 4.39 Å². The summed E-state index contributed by atoms with van der Waals surface area (Å²) in [6, 6.07) is 5.59. The molecule has 0 radical (unpaired) electrons. The zero-order valence-corrected chi connectivity index (χ0v) is 9.46. The lowest BCUT2D eigenvalue weighted by Crippen LogP contribution is -2.30. The van der Waals surface area contributed by atoms with Crippen LogP contribution in [-0.2, 0) is 11.2 Å². The maximum atomic E-state index is 12.7. The van der Waals surface area contributed by atoms with E-state index in [1.165, 1.54) is 19.1 Å². The van der Waals surface area contributed by atoms with Gasteiger partial charge in [0.2, 0.25) is 0 Å². The summed E-state index contributed by atoms with van der Waals surface area (Å²) in [6.07, 6.45) is 0.396. The van der Waals surface area contributed by atoms with Crippen LogP contribution < -0.4 is 5.73 Å². The Labute approximate surface area is 97.7 Å². The first-order valence-corrected chi connectivity index (χ1v) is 5.10. The van der Waals surface area contributed by atoms with Crippen LogP contribution in [0, 0.1) is 5.82 Å². The summed E-state index contributed by atoms with van der Waals surface area (Å²) in [7, 11) is 0. The fraction of sp³-hybridized carbons (Fsp3) is 0.462. The van der Waals surface area contributed by atoms with E-state index in [2.05, 4.69) is 0 Å². The van der Waals surface area contributed by atoms with Gasteiger partial charge >= 0.3 is 0 Å². The molecule has 2 N–H and O–H groups in total. The zero-order valence-electron chi connectivity index (χ0n) is 9.46. The molecule has 0 aliphatic rings. The van der Waals surface area contributed by atoms with Gasteiger partial charge in [0.1, 0.15) is 11.6 Å². The summed E-state index contributed by atoms with van der Waals surface area (Å²) in [4.78, 5) is 10.8. The Morgan fingerprint density at radius 3 is 2.44 bits per heavy atom. The number of ketones is 1. The molecule has 0 spiro atoms. The lowest BCUT2D eigenvalue weighted by Gasteiger charge is -2.06. The first-order chi connectivity index (χ1) is 7.09. The van der Waals surface area contributed by atoms with Gasteiger partial charge in [0.05, 0.1) is 6.04 Å². The Balaban J connectivity index is 0. The summed E-state index contributed by atoms with van der Waals surface area (Å²) in [6.45, 7) is 5.43. The van der Waals surface area contributed by atoms with Crippen molar-refractivity contribution in [2.24, 2.45) is 5.73 Å². The normalized spacial score (nSPS) is 10.6. The SMILES string of the molecule is C.CC.CC(=O)C(N)Cc1cccc(F)c1. The van der Waals surface area contributed by atoms with E-state index in [9.17, 15) is 9.18 Å². The molecule has 1 aromatic carbocycles. The molecule has 0 amide bonds. The summed E-state index contributed by atoms with van der Waals surface area (Å²) >= 11 is 0. The Morgan fingerprint density at radius 2 is 2.00 bits per heavy atom. The Bertz CT molecular complexity index is 313. The van der Waals surface area contributed by atoms with Gasteiger partial charge in [-0.05, 0) is 31.0 Å². The van der Waals surface area contributed by atoms with E-state index in [1.54, 1.807) is 12.1 Å². The largest absolute Gasteiger partial charge is 0.321 e. The molecule has 0 aromatic heterocycles. The van der Waals surface area contributed by atoms with Crippen molar-refractivity contribution in [1.29, 1.82) is 0 Å². The van der Waals surface area contributed by atoms with E-state index in [0.29, 0.717) is 6.42 Å². The van der Waals surface area contributed by atoms with Gasteiger partial charge in [0.25, 0.3) is 0 Å². The average molecular weight is 227 g/mol. The summed E-state index contributed by atoms with van der Waals surface area (Å²) < 4.78 is 12.7. The van der Waals surface area contributed by atoms with E-state index in [1.807, 2.05) is 13.8 Å². The van der Waals surface area contributed by atoms with Crippen molar-refractivity contribution >= 4 is 5.78 Å². The van der Waals surface area contributed by atoms with Crippen molar-refractivity contribution in [2.45, 2.75) is 40.7 Å². The number of benzene rings is 1.